The predicted molar refractivity (Wildman–Crippen MR) is 127 cm³/mol. The molecule has 6 aliphatic rings. The van der Waals surface area contributed by atoms with Crippen molar-refractivity contribution in [1.29, 1.82) is 0 Å². The highest BCUT2D eigenvalue weighted by Crippen LogP contribution is 2.71. The van der Waals surface area contributed by atoms with Crippen LogP contribution in [0.2, 0.25) is 0 Å². The Hall–Kier alpha value is -3.72. The van der Waals surface area contributed by atoms with Crippen molar-refractivity contribution in [2.45, 2.75) is 23.7 Å². The molecule has 4 aromatic carbocycles. The SMILES string of the molecule is O=[N+]([O-])c1ccc2c(c1)[C@H]1c3ccccc3[C@H]2[C@@H]2C3c4ccccc4C(c4ccccc43)[C@@H]12. The molecule has 6 aliphatic carbocycles. The van der Waals surface area contributed by atoms with Gasteiger partial charge < -0.3 is 0 Å². The van der Waals surface area contributed by atoms with Gasteiger partial charge in [0, 0.05) is 35.8 Å². The molecule has 0 N–H and O–H groups in total. The number of hydrogen-bond acceptors (Lipinski definition) is 2. The molecule has 3 nitrogen and oxygen atoms in total. The molecule has 0 aromatic heterocycles. The molecule has 0 fully saturated rings. The van der Waals surface area contributed by atoms with Crippen molar-refractivity contribution in [3.63, 3.8) is 0 Å². The lowest BCUT2D eigenvalue weighted by Crippen LogP contribution is -2.51. The third-order valence-corrected chi connectivity index (χ3v) is 8.93. The summed E-state index contributed by atoms with van der Waals surface area (Å²) < 4.78 is 0. The van der Waals surface area contributed by atoms with Crippen LogP contribution in [0.1, 0.15) is 68.2 Å². The molecule has 0 saturated carbocycles. The molecule has 0 unspecified atom stereocenters. The summed E-state index contributed by atoms with van der Waals surface area (Å²) in [5, 5.41) is 11.7. The topological polar surface area (TPSA) is 43.1 Å². The van der Waals surface area contributed by atoms with E-state index in [1.807, 2.05) is 6.07 Å². The zero-order chi connectivity index (χ0) is 21.8. The maximum absolute atomic E-state index is 11.7. The van der Waals surface area contributed by atoms with Gasteiger partial charge in [-0.3, -0.25) is 10.1 Å². The molecule has 3 heteroatoms. The maximum Gasteiger partial charge on any atom is 0.269 e. The van der Waals surface area contributed by atoms with Crippen molar-refractivity contribution in [3.05, 3.63) is 146 Å². The lowest BCUT2D eigenvalue weighted by molar-refractivity contribution is -0.385. The first-order valence-electron chi connectivity index (χ1n) is 11.8. The minimum absolute atomic E-state index is 0.181. The minimum atomic E-state index is -0.246. The highest BCUT2D eigenvalue weighted by molar-refractivity contribution is 5.66. The Morgan fingerprint density at radius 3 is 1.18 bits per heavy atom. The number of benzene rings is 4. The van der Waals surface area contributed by atoms with Gasteiger partial charge in [0.1, 0.15) is 0 Å². The first-order chi connectivity index (χ1) is 16.2. The Balaban J connectivity index is 1.47. The van der Waals surface area contributed by atoms with E-state index < -0.39 is 0 Å². The Kier molecular flexibility index (Phi) is 3.23. The number of hydrogen-bond donors (Lipinski definition) is 0. The van der Waals surface area contributed by atoms with Gasteiger partial charge in [-0.1, -0.05) is 78.9 Å². The molecule has 10 rings (SSSR count). The van der Waals surface area contributed by atoms with Crippen molar-refractivity contribution in [3.8, 4) is 0 Å². The van der Waals surface area contributed by atoms with E-state index in [0.717, 1.165) is 0 Å². The summed E-state index contributed by atoms with van der Waals surface area (Å²) in [6.07, 6.45) is 0. The molecule has 0 radical (unpaired) electrons. The third-order valence-electron chi connectivity index (χ3n) is 8.93. The number of nitro groups is 1. The molecule has 4 bridgehead atoms. The number of nitro benzene ring substituents is 1. The van der Waals surface area contributed by atoms with E-state index in [4.69, 9.17) is 0 Å². The quantitative estimate of drug-likeness (QED) is 0.250. The molecule has 0 aliphatic heterocycles. The highest BCUT2D eigenvalue weighted by Gasteiger charge is 2.60. The largest absolute Gasteiger partial charge is 0.269 e. The van der Waals surface area contributed by atoms with Crippen LogP contribution >= 0.6 is 0 Å². The van der Waals surface area contributed by atoms with Gasteiger partial charge in [-0.25, -0.2) is 0 Å². The summed E-state index contributed by atoms with van der Waals surface area (Å²) in [7, 11) is 0. The van der Waals surface area contributed by atoms with Gasteiger partial charge in [0.2, 0.25) is 0 Å². The summed E-state index contributed by atoms with van der Waals surface area (Å²) in [5.41, 5.74) is 11.4. The zero-order valence-electron chi connectivity index (χ0n) is 17.9. The van der Waals surface area contributed by atoms with Crippen LogP contribution in [0.15, 0.2) is 91.0 Å². The molecule has 0 spiro atoms. The fourth-order valence-electron chi connectivity index (χ4n) is 8.06. The Bertz CT molecular complexity index is 1460. The Morgan fingerprint density at radius 2 is 0.818 bits per heavy atom. The van der Waals surface area contributed by atoms with Gasteiger partial charge in [0.05, 0.1) is 4.92 Å². The number of rotatable bonds is 1. The van der Waals surface area contributed by atoms with E-state index >= 15 is 0 Å². The summed E-state index contributed by atoms with van der Waals surface area (Å²) in [4.78, 5) is 11.4. The average molecular weight is 428 g/mol. The van der Waals surface area contributed by atoms with E-state index in [1.165, 1.54) is 44.5 Å². The number of nitrogens with zero attached hydrogens (tertiary/aromatic N) is 1. The maximum atomic E-state index is 11.7. The van der Waals surface area contributed by atoms with Gasteiger partial charge in [-0.15, -0.1) is 0 Å². The van der Waals surface area contributed by atoms with Crippen molar-refractivity contribution < 1.29 is 4.92 Å². The van der Waals surface area contributed by atoms with Gasteiger partial charge in [0.25, 0.3) is 5.69 Å². The zero-order valence-corrected chi connectivity index (χ0v) is 17.9. The fourth-order valence-corrected chi connectivity index (χ4v) is 8.06. The molecular weight excluding hydrogens is 406 g/mol. The summed E-state index contributed by atoms with van der Waals surface area (Å²) in [5.74, 6) is 2.00. The second-order valence-corrected chi connectivity index (χ2v) is 10.0. The molecule has 0 heterocycles. The molecule has 0 amide bonds. The monoisotopic (exact) mass is 427 g/mol. The molecule has 0 saturated heterocycles. The molecule has 4 atom stereocenters. The van der Waals surface area contributed by atoms with Crippen LogP contribution in [0, 0.1) is 22.0 Å². The van der Waals surface area contributed by atoms with E-state index in [-0.39, 0.29) is 22.4 Å². The van der Waals surface area contributed by atoms with Crippen molar-refractivity contribution in [2.75, 3.05) is 0 Å². The van der Waals surface area contributed by atoms with Crippen molar-refractivity contribution in [1.82, 2.24) is 0 Å². The predicted octanol–water partition coefficient (Wildman–Crippen LogP) is 6.71. The van der Waals surface area contributed by atoms with Crippen LogP contribution < -0.4 is 0 Å². The molecular formula is C30H21NO2. The highest BCUT2D eigenvalue weighted by atomic mass is 16.6. The third kappa shape index (κ3) is 2.02. The smallest absolute Gasteiger partial charge is 0.258 e. The van der Waals surface area contributed by atoms with Gasteiger partial charge in [-0.2, -0.15) is 0 Å². The summed E-state index contributed by atoms with van der Waals surface area (Å²) in [6, 6.07) is 32.5. The fraction of sp³-hybridized carbons (Fsp3) is 0.200. The Labute approximate surface area is 191 Å². The van der Waals surface area contributed by atoms with Crippen molar-refractivity contribution in [2.24, 2.45) is 11.8 Å². The van der Waals surface area contributed by atoms with Crippen molar-refractivity contribution >= 4 is 5.69 Å². The van der Waals surface area contributed by atoms with E-state index in [2.05, 4.69) is 78.9 Å². The second kappa shape index (κ2) is 5.99. The summed E-state index contributed by atoms with van der Waals surface area (Å²) in [6.45, 7) is 0. The van der Waals surface area contributed by atoms with Crippen LogP contribution in [0.4, 0.5) is 5.69 Å². The minimum Gasteiger partial charge on any atom is -0.258 e. The van der Waals surface area contributed by atoms with Gasteiger partial charge in [-0.05, 0) is 56.3 Å². The average Bonchev–Trinajstić information content (AvgIpc) is 2.87. The first kappa shape index (κ1) is 17.8. The normalized spacial score (nSPS) is 28.8. The molecule has 158 valence electrons. The molecule has 33 heavy (non-hydrogen) atoms. The lowest BCUT2D eigenvalue weighted by Gasteiger charge is -2.61. The summed E-state index contributed by atoms with van der Waals surface area (Å²) >= 11 is 0. The van der Waals surface area contributed by atoms with E-state index in [9.17, 15) is 10.1 Å². The van der Waals surface area contributed by atoms with Crippen LogP contribution in [-0.4, -0.2) is 4.92 Å². The van der Waals surface area contributed by atoms with Crippen LogP contribution in [0.5, 0.6) is 0 Å². The number of non-ortho nitro benzene ring substituents is 1. The first-order valence-corrected chi connectivity index (χ1v) is 11.8. The standard InChI is InChI=1S/C30H21NO2/c32-31(33)16-13-14-23-24(15-16)28-22-12-6-5-11-21(22)27(23)29-25-17-7-1-3-9-19(17)26(30(28)29)20-10-4-2-8-18(20)25/h1-15,25-30H/t25?,26?,27-,28-,29+,30+/m1/s1. The molecule has 4 aromatic rings. The van der Waals surface area contributed by atoms with Crippen LogP contribution in [0.25, 0.3) is 0 Å². The second-order valence-electron chi connectivity index (χ2n) is 10.0. The van der Waals surface area contributed by atoms with Crippen LogP contribution in [-0.2, 0) is 0 Å². The lowest BCUT2D eigenvalue weighted by atomic mass is 9.41. The van der Waals surface area contributed by atoms with E-state index in [1.54, 1.807) is 6.07 Å². The Morgan fingerprint density at radius 1 is 0.485 bits per heavy atom. The van der Waals surface area contributed by atoms with Gasteiger partial charge >= 0.3 is 0 Å². The van der Waals surface area contributed by atoms with Gasteiger partial charge in [0.15, 0.2) is 0 Å². The van der Waals surface area contributed by atoms with Crippen LogP contribution in [0.3, 0.4) is 0 Å². The van der Waals surface area contributed by atoms with E-state index in [0.29, 0.717) is 23.7 Å².